The number of hydrogen-bond donors (Lipinski definition) is 0. The third-order valence-electron chi connectivity index (χ3n) is 9.54. The van der Waals surface area contributed by atoms with E-state index in [1.54, 1.807) is 7.11 Å². The molecule has 1 aromatic rings. The van der Waals surface area contributed by atoms with Crippen LogP contribution in [0.4, 0.5) is 10.5 Å². The van der Waals surface area contributed by atoms with Gasteiger partial charge in [-0.3, -0.25) is 4.90 Å². The molecule has 2 bridgehead atoms. The van der Waals surface area contributed by atoms with E-state index in [0.717, 1.165) is 17.9 Å². The monoisotopic (exact) mass is 369 g/mol. The predicted octanol–water partition coefficient (Wildman–Crippen LogP) is 3.45. The zero-order valence-electron chi connectivity index (χ0n) is 16.6. The number of quaternary nitrogens is 1. The van der Waals surface area contributed by atoms with E-state index in [1.807, 2.05) is 11.0 Å². The van der Waals surface area contributed by atoms with Crippen molar-refractivity contribution < 1.29 is 18.8 Å². The molecule has 2 saturated heterocycles. The number of carbonyl (C=O) groups excluding carboxylic acids is 1. The molecule has 144 valence electrons. The lowest BCUT2D eigenvalue weighted by atomic mass is 9.76. The Morgan fingerprint density at radius 3 is 2.81 bits per heavy atom. The van der Waals surface area contributed by atoms with E-state index in [1.165, 1.54) is 62.3 Å². The molecule has 5 atom stereocenters. The van der Waals surface area contributed by atoms with Crippen LogP contribution in [-0.4, -0.2) is 56.0 Å². The highest BCUT2D eigenvalue weighted by molar-refractivity contribution is 5.97. The van der Waals surface area contributed by atoms with Crippen molar-refractivity contribution in [2.24, 2.45) is 5.92 Å². The Bertz CT molecular complexity index is 871. The number of benzene rings is 1. The first kappa shape index (κ1) is 16.2. The zero-order valence-corrected chi connectivity index (χ0v) is 16.6. The number of amides is 1. The third-order valence-corrected chi connectivity index (χ3v) is 9.54. The van der Waals surface area contributed by atoms with Crippen molar-refractivity contribution in [3.05, 3.63) is 23.8 Å². The summed E-state index contributed by atoms with van der Waals surface area (Å²) < 4.78 is 12.1. The molecule has 1 amide bonds. The SMILES string of the molecule is COC(=O)N1c2ccc(OC)cc2[C@]23CC[N@+]4(C)CCC[C@]45CC[C@]12[C@H]3C5. The molecule has 0 unspecified atom stereocenters. The normalized spacial score (nSPS) is 45.4. The molecule has 0 aromatic heterocycles. The molecule has 5 heteroatoms. The van der Waals surface area contributed by atoms with Gasteiger partial charge in [0.2, 0.25) is 0 Å². The highest BCUT2D eigenvalue weighted by Gasteiger charge is 2.88. The Morgan fingerprint density at radius 1 is 1.19 bits per heavy atom. The molecule has 5 nitrogen and oxygen atoms in total. The highest BCUT2D eigenvalue weighted by atomic mass is 16.5. The van der Waals surface area contributed by atoms with Gasteiger partial charge in [0.25, 0.3) is 0 Å². The van der Waals surface area contributed by atoms with Gasteiger partial charge in [0.05, 0.1) is 51.1 Å². The van der Waals surface area contributed by atoms with Crippen LogP contribution in [0.25, 0.3) is 0 Å². The number of anilines is 1. The van der Waals surface area contributed by atoms with Crippen molar-refractivity contribution in [3.8, 4) is 5.75 Å². The summed E-state index contributed by atoms with van der Waals surface area (Å²) in [6.07, 6.45) is 7.30. The number of methoxy groups -OCH3 is 2. The number of nitrogens with zero attached hydrogens (tertiary/aromatic N) is 2. The second-order valence-corrected chi connectivity index (χ2v) is 9.76. The van der Waals surface area contributed by atoms with Crippen molar-refractivity contribution in [2.45, 2.75) is 55.0 Å². The summed E-state index contributed by atoms with van der Waals surface area (Å²) in [7, 11) is 5.74. The number of fused-ring (bicyclic) bond motifs is 1. The molecule has 6 rings (SSSR count). The first-order valence-corrected chi connectivity index (χ1v) is 10.4. The zero-order chi connectivity index (χ0) is 18.7. The van der Waals surface area contributed by atoms with Crippen molar-refractivity contribution in [2.75, 3.05) is 39.3 Å². The lowest BCUT2D eigenvalue weighted by Crippen LogP contribution is -2.62. The molecule has 0 radical (unpaired) electrons. The molecular weight excluding hydrogens is 340 g/mol. The topological polar surface area (TPSA) is 38.8 Å². The smallest absolute Gasteiger partial charge is 0.414 e. The van der Waals surface area contributed by atoms with E-state index in [-0.39, 0.29) is 17.0 Å². The number of carbonyl (C=O) groups is 1. The predicted molar refractivity (Wildman–Crippen MR) is 102 cm³/mol. The fraction of sp³-hybridized carbons (Fsp3) is 0.682. The van der Waals surface area contributed by atoms with Crippen LogP contribution in [0.1, 0.15) is 44.1 Å². The Hall–Kier alpha value is -1.75. The summed E-state index contributed by atoms with van der Waals surface area (Å²) in [5.41, 5.74) is 2.86. The van der Waals surface area contributed by atoms with Crippen molar-refractivity contribution in [1.29, 1.82) is 0 Å². The first-order valence-electron chi connectivity index (χ1n) is 10.4. The van der Waals surface area contributed by atoms with E-state index < -0.39 is 0 Å². The molecular formula is C22H29N2O3+. The molecule has 3 heterocycles. The lowest BCUT2D eigenvalue weighted by Gasteiger charge is -2.51. The second-order valence-electron chi connectivity index (χ2n) is 9.76. The molecule has 3 spiro atoms. The van der Waals surface area contributed by atoms with E-state index in [2.05, 4.69) is 19.2 Å². The average Bonchev–Trinajstić information content (AvgIpc) is 3.06. The number of ether oxygens (including phenoxy) is 2. The van der Waals surface area contributed by atoms with Crippen LogP contribution < -0.4 is 9.64 Å². The van der Waals surface area contributed by atoms with Crippen LogP contribution >= 0.6 is 0 Å². The van der Waals surface area contributed by atoms with Crippen molar-refractivity contribution >= 4 is 11.8 Å². The Kier molecular flexibility index (Phi) is 2.78. The van der Waals surface area contributed by atoms with E-state index in [0.29, 0.717) is 11.5 Å². The number of rotatable bonds is 1. The molecule has 3 aliphatic heterocycles. The molecule has 0 N–H and O–H groups in total. The average molecular weight is 369 g/mol. The number of hydrogen-bond acceptors (Lipinski definition) is 3. The summed E-state index contributed by atoms with van der Waals surface area (Å²) in [5, 5.41) is 0. The van der Waals surface area contributed by atoms with Crippen LogP contribution in [0.2, 0.25) is 0 Å². The second kappa shape index (κ2) is 4.62. The van der Waals surface area contributed by atoms with Crippen LogP contribution in [0.5, 0.6) is 5.75 Å². The van der Waals surface area contributed by atoms with Crippen LogP contribution in [0.15, 0.2) is 18.2 Å². The fourth-order valence-corrected chi connectivity index (χ4v) is 8.25. The minimum Gasteiger partial charge on any atom is -0.497 e. The van der Waals surface area contributed by atoms with Gasteiger partial charge in [0.15, 0.2) is 0 Å². The van der Waals surface area contributed by atoms with Gasteiger partial charge in [-0.25, -0.2) is 4.79 Å². The minimum atomic E-state index is -0.189. The highest BCUT2D eigenvalue weighted by Crippen LogP contribution is 2.82. The third kappa shape index (κ3) is 1.47. The maximum atomic E-state index is 12.9. The van der Waals surface area contributed by atoms with Crippen molar-refractivity contribution in [1.82, 2.24) is 0 Å². The van der Waals surface area contributed by atoms with Crippen molar-refractivity contribution in [3.63, 3.8) is 0 Å². The van der Waals surface area contributed by atoms with Gasteiger partial charge in [-0.2, -0.15) is 0 Å². The molecule has 27 heavy (non-hydrogen) atoms. The van der Waals surface area contributed by atoms with E-state index in [4.69, 9.17) is 9.47 Å². The lowest BCUT2D eigenvalue weighted by molar-refractivity contribution is -0.948. The Morgan fingerprint density at radius 2 is 2.04 bits per heavy atom. The fourth-order valence-electron chi connectivity index (χ4n) is 8.25. The quantitative estimate of drug-likeness (QED) is 0.712. The minimum absolute atomic E-state index is 0.0616. The van der Waals surface area contributed by atoms with Gasteiger partial charge in [-0.05, 0) is 30.2 Å². The van der Waals surface area contributed by atoms with Gasteiger partial charge < -0.3 is 14.0 Å². The van der Waals surface area contributed by atoms with Gasteiger partial charge in [0, 0.05) is 43.4 Å². The molecule has 4 fully saturated rings. The van der Waals surface area contributed by atoms with Crippen LogP contribution in [-0.2, 0) is 10.2 Å². The summed E-state index contributed by atoms with van der Waals surface area (Å²) in [5.74, 6) is 1.46. The van der Waals surface area contributed by atoms with Gasteiger partial charge >= 0.3 is 6.09 Å². The summed E-state index contributed by atoms with van der Waals surface area (Å²) in [6, 6.07) is 6.26. The Balaban J connectivity index is 1.56. The Labute approximate surface area is 160 Å². The van der Waals surface area contributed by atoms with Crippen LogP contribution in [0.3, 0.4) is 0 Å². The van der Waals surface area contributed by atoms with Crippen LogP contribution in [0, 0.1) is 5.92 Å². The van der Waals surface area contributed by atoms with Gasteiger partial charge in [-0.15, -0.1) is 0 Å². The van der Waals surface area contributed by atoms with Gasteiger partial charge in [-0.1, -0.05) is 0 Å². The van der Waals surface area contributed by atoms with Gasteiger partial charge in [0.1, 0.15) is 5.75 Å². The summed E-state index contributed by atoms with van der Waals surface area (Å²) in [4.78, 5) is 15.0. The molecule has 2 aliphatic carbocycles. The summed E-state index contributed by atoms with van der Waals surface area (Å²) >= 11 is 0. The maximum absolute atomic E-state index is 12.9. The van der Waals surface area contributed by atoms with E-state index in [9.17, 15) is 4.79 Å². The molecule has 5 aliphatic rings. The standard InChI is InChI=1S/C22H29N2O3/c1-24-11-4-7-20(24)8-9-22-18(14-20)21(22,10-12-24)16-13-15(26-2)5-6-17(16)23(22)19(25)27-3/h5-6,13,18H,4,7-12,14H2,1-3H3/q+1/t18-,20+,21-,22+,24-/m0/s1. The molecule has 1 aromatic carbocycles. The largest absolute Gasteiger partial charge is 0.497 e. The maximum Gasteiger partial charge on any atom is 0.414 e. The first-order chi connectivity index (χ1) is 13.0. The summed E-state index contributed by atoms with van der Waals surface area (Å²) in [6.45, 7) is 2.55. The van der Waals surface area contributed by atoms with E-state index >= 15 is 0 Å². The molecule has 2 saturated carbocycles.